The number of thiazole rings is 1. The van der Waals surface area contributed by atoms with Gasteiger partial charge in [0.25, 0.3) is 5.91 Å². The third-order valence-corrected chi connectivity index (χ3v) is 7.78. The molecule has 1 fully saturated rings. The molecular weight excluding hydrogens is 514 g/mol. The summed E-state index contributed by atoms with van der Waals surface area (Å²) in [6, 6.07) is 16.0. The van der Waals surface area contributed by atoms with Crippen LogP contribution < -0.4 is 0 Å². The molecule has 1 aliphatic rings. The molecule has 0 saturated heterocycles. The van der Waals surface area contributed by atoms with Crippen molar-refractivity contribution in [2.24, 2.45) is 0 Å². The largest absolute Gasteiger partial charge is 0.468 e. The van der Waals surface area contributed by atoms with Crippen LogP contribution in [0.5, 0.6) is 0 Å². The van der Waals surface area contributed by atoms with E-state index in [9.17, 15) is 9.59 Å². The summed E-state index contributed by atoms with van der Waals surface area (Å²) in [6.45, 7) is 0.260. The predicted molar refractivity (Wildman–Crippen MR) is 137 cm³/mol. The molecular formula is C26H24BrN3O3S. The maximum Gasteiger partial charge on any atom is 0.325 e. The molecule has 4 aromatic rings. The van der Waals surface area contributed by atoms with Gasteiger partial charge >= 0.3 is 5.97 Å². The number of hydrogen-bond donors (Lipinski definition) is 1. The molecule has 2 heterocycles. The standard InChI is InChI=1S/C26H24BrN3O3S/c1-33-22(31)15-30(12-11-18-14-28-21-8-3-2-7-20(18)21)26(32)23-24(17-5-4-6-19(27)13-17)34-25(29-23)16-9-10-16/h2-8,13-14,16,28H,9-12,15H2,1H3. The first-order valence-electron chi connectivity index (χ1n) is 11.2. The average molecular weight is 538 g/mol. The highest BCUT2D eigenvalue weighted by Gasteiger charge is 2.32. The van der Waals surface area contributed by atoms with Crippen LogP contribution in [0.25, 0.3) is 21.3 Å². The molecule has 1 N–H and O–H groups in total. The van der Waals surface area contributed by atoms with Gasteiger partial charge < -0.3 is 14.6 Å². The van der Waals surface area contributed by atoms with E-state index in [2.05, 4.69) is 27.0 Å². The van der Waals surface area contributed by atoms with Crippen molar-refractivity contribution < 1.29 is 14.3 Å². The minimum atomic E-state index is -0.450. The van der Waals surface area contributed by atoms with Crippen molar-refractivity contribution in [1.82, 2.24) is 14.9 Å². The molecule has 5 rings (SSSR count). The van der Waals surface area contributed by atoms with Crippen LogP contribution in [-0.2, 0) is 16.0 Å². The Morgan fingerprint density at radius 2 is 2.03 bits per heavy atom. The normalized spacial score (nSPS) is 13.2. The van der Waals surface area contributed by atoms with Crippen LogP contribution in [0.2, 0.25) is 0 Å². The molecule has 0 atom stereocenters. The molecule has 174 valence electrons. The summed E-state index contributed by atoms with van der Waals surface area (Å²) >= 11 is 5.11. The lowest BCUT2D eigenvalue weighted by molar-refractivity contribution is -0.141. The Morgan fingerprint density at radius 1 is 1.21 bits per heavy atom. The first-order chi connectivity index (χ1) is 16.5. The number of carbonyl (C=O) groups is 2. The fourth-order valence-corrected chi connectivity index (χ4v) is 5.65. The van der Waals surface area contributed by atoms with Crippen LogP contribution in [0.3, 0.4) is 0 Å². The first-order valence-corrected chi connectivity index (χ1v) is 12.8. The zero-order chi connectivity index (χ0) is 23.7. The van der Waals surface area contributed by atoms with Crippen LogP contribution in [0.15, 0.2) is 59.2 Å². The van der Waals surface area contributed by atoms with E-state index in [4.69, 9.17) is 9.72 Å². The number of nitrogens with zero attached hydrogens (tertiary/aromatic N) is 2. The Kier molecular flexibility index (Phi) is 6.52. The monoisotopic (exact) mass is 537 g/mol. The number of fused-ring (bicyclic) bond motifs is 1. The van der Waals surface area contributed by atoms with Crippen molar-refractivity contribution in [3.63, 3.8) is 0 Å². The third-order valence-electron chi connectivity index (χ3n) is 6.02. The van der Waals surface area contributed by atoms with E-state index in [1.54, 1.807) is 16.2 Å². The maximum atomic E-state index is 13.8. The summed E-state index contributed by atoms with van der Waals surface area (Å²) in [5.74, 6) is -0.268. The van der Waals surface area contributed by atoms with Crippen molar-refractivity contribution in [2.45, 2.75) is 25.2 Å². The van der Waals surface area contributed by atoms with Crippen LogP contribution in [0, 0.1) is 0 Å². The molecule has 1 saturated carbocycles. The topological polar surface area (TPSA) is 75.3 Å². The zero-order valence-electron chi connectivity index (χ0n) is 18.7. The number of hydrogen-bond acceptors (Lipinski definition) is 5. The van der Waals surface area contributed by atoms with Crippen molar-refractivity contribution in [3.8, 4) is 10.4 Å². The van der Waals surface area contributed by atoms with Gasteiger partial charge in [0.05, 0.1) is 17.0 Å². The van der Waals surface area contributed by atoms with Gasteiger partial charge in [-0.3, -0.25) is 9.59 Å². The van der Waals surface area contributed by atoms with E-state index in [0.717, 1.165) is 49.2 Å². The van der Waals surface area contributed by atoms with E-state index in [-0.39, 0.29) is 12.5 Å². The Hall–Kier alpha value is -2.97. The number of para-hydroxylation sites is 1. The molecule has 0 unspecified atom stereocenters. The number of aromatic amines is 1. The van der Waals surface area contributed by atoms with Gasteiger partial charge in [-0.15, -0.1) is 11.3 Å². The minimum absolute atomic E-state index is 0.119. The van der Waals surface area contributed by atoms with Crippen LogP contribution in [-0.4, -0.2) is 46.9 Å². The van der Waals surface area contributed by atoms with Gasteiger partial charge in [-0.2, -0.15) is 0 Å². The van der Waals surface area contributed by atoms with Crippen LogP contribution >= 0.6 is 27.3 Å². The van der Waals surface area contributed by atoms with Gasteiger partial charge in [-0.05, 0) is 48.6 Å². The number of esters is 1. The maximum absolute atomic E-state index is 13.8. The molecule has 0 bridgehead atoms. The number of aromatic nitrogens is 2. The summed E-state index contributed by atoms with van der Waals surface area (Å²) in [7, 11) is 1.34. The summed E-state index contributed by atoms with van der Waals surface area (Å²) in [5.41, 5.74) is 3.50. The molecule has 8 heteroatoms. The fraction of sp³-hybridized carbons (Fsp3) is 0.269. The lowest BCUT2D eigenvalue weighted by atomic mass is 10.1. The summed E-state index contributed by atoms with van der Waals surface area (Å²) in [5, 5.41) is 2.11. The number of amides is 1. The fourth-order valence-electron chi connectivity index (χ4n) is 4.03. The summed E-state index contributed by atoms with van der Waals surface area (Å²) < 4.78 is 5.84. The van der Waals surface area contributed by atoms with Crippen molar-refractivity contribution >= 4 is 50.0 Å². The van der Waals surface area contributed by atoms with Gasteiger partial charge in [0.2, 0.25) is 0 Å². The highest BCUT2D eigenvalue weighted by molar-refractivity contribution is 9.10. The van der Waals surface area contributed by atoms with E-state index in [0.29, 0.717) is 24.6 Å². The number of nitrogens with one attached hydrogen (secondary N) is 1. The number of halogens is 1. The van der Waals surface area contributed by atoms with Crippen LogP contribution in [0.4, 0.5) is 0 Å². The van der Waals surface area contributed by atoms with Crippen molar-refractivity contribution in [3.05, 3.63) is 75.5 Å². The molecule has 2 aromatic heterocycles. The molecule has 6 nitrogen and oxygen atoms in total. The third kappa shape index (κ3) is 4.79. The second-order valence-electron chi connectivity index (χ2n) is 8.43. The quantitative estimate of drug-likeness (QED) is 0.288. The molecule has 34 heavy (non-hydrogen) atoms. The van der Waals surface area contributed by atoms with Crippen molar-refractivity contribution in [2.75, 3.05) is 20.2 Å². The first kappa shape index (κ1) is 22.8. The van der Waals surface area contributed by atoms with E-state index in [1.807, 2.05) is 48.7 Å². The zero-order valence-corrected chi connectivity index (χ0v) is 21.1. The van der Waals surface area contributed by atoms with Gasteiger partial charge in [0.15, 0.2) is 0 Å². The van der Waals surface area contributed by atoms with Gasteiger partial charge in [0, 0.05) is 34.0 Å². The Bertz CT molecular complexity index is 1360. The number of H-pyrrole nitrogens is 1. The Labute approximate surface area is 210 Å². The van der Waals surface area contributed by atoms with E-state index in [1.165, 1.54) is 7.11 Å². The molecule has 0 radical (unpaired) electrons. The molecule has 0 spiro atoms. The number of rotatable bonds is 8. The number of carbonyl (C=O) groups excluding carboxylic acids is 2. The molecule has 0 aliphatic heterocycles. The minimum Gasteiger partial charge on any atom is -0.468 e. The van der Waals surface area contributed by atoms with Crippen LogP contribution in [0.1, 0.15) is 39.8 Å². The van der Waals surface area contributed by atoms with E-state index < -0.39 is 5.97 Å². The second-order valence-corrected chi connectivity index (χ2v) is 10.4. The lowest BCUT2D eigenvalue weighted by Crippen LogP contribution is -2.38. The number of methoxy groups -OCH3 is 1. The van der Waals surface area contributed by atoms with Gasteiger partial charge in [-0.1, -0.05) is 46.3 Å². The highest BCUT2D eigenvalue weighted by Crippen LogP contribution is 2.45. The SMILES string of the molecule is COC(=O)CN(CCc1c[nH]c2ccccc12)C(=O)c1nc(C2CC2)sc1-c1cccc(Br)c1. The number of benzene rings is 2. The number of ether oxygens (including phenoxy) is 1. The Balaban J connectivity index is 1.46. The molecule has 2 aromatic carbocycles. The summed E-state index contributed by atoms with van der Waals surface area (Å²) in [6.07, 6.45) is 4.78. The lowest BCUT2D eigenvalue weighted by Gasteiger charge is -2.21. The van der Waals surface area contributed by atoms with E-state index >= 15 is 0 Å². The van der Waals surface area contributed by atoms with Gasteiger partial charge in [-0.25, -0.2) is 4.98 Å². The highest BCUT2D eigenvalue weighted by atomic mass is 79.9. The predicted octanol–water partition coefficient (Wildman–Crippen LogP) is 5.79. The molecule has 1 amide bonds. The average Bonchev–Trinajstić information content (AvgIpc) is 3.47. The van der Waals surface area contributed by atoms with Crippen molar-refractivity contribution in [1.29, 1.82) is 0 Å². The second kappa shape index (κ2) is 9.72. The van der Waals surface area contributed by atoms with Gasteiger partial charge in [0.1, 0.15) is 12.2 Å². The smallest absolute Gasteiger partial charge is 0.325 e. The molecule has 1 aliphatic carbocycles. The Morgan fingerprint density at radius 3 is 2.79 bits per heavy atom. The summed E-state index contributed by atoms with van der Waals surface area (Å²) in [4.78, 5) is 36.5.